The lowest BCUT2D eigenvalue weighted by Crippen LogP contribution is -2.29. The van der Waals surface area contributed by atoms with Crippen LogP contribution in [-0.2, 0) is 14.1 Å². The van der Waals surface area contributed by atoms with Crippen molar-refractivity contribution in [2.24, 2.45) is 14.1 Å². The van der Waals surface area contributed by atoms with Gasteiger partial charge in [0.05, 0.1) is 24.0 Å². The minimum Gasteiger partial charge on any atom is -0.501 e. The van der Waals surface area contributed by atoms with E-state index in [1.807, 2.05) is 0 Å². The van der Waals surface area contributed by atoms with Gasteiger partial charge in [0, 0.05) is 32.1 Å². The van der Waals surface area contributed by atoms with Gasteiger partial charge in [0.1, 0.15) is 23.6 Å². The Balaban J connectivity index is 1.87. The number of rotatable bonds is 6. The highest BCUT2D eigenvalue weighted by molar-refractivity contribution is 6.04. The number of aromatic nitrogens is 5. The Bertz CT molecular complexity index is 1500. The third-order valence-electron chi connectivity index (χ3n) is 5.67. The SMILES string of the molecule is C[C@H](c1nc(C(=O)Nc2cnoc2)c(O)c(=O)n1C)[C@@H](c1cnn(C)c1)c1cc(F)ccc1C#N. The molecule has 178 valence electrons. The van der Waals surface area contributed by atoms with Gasteiger partial charge >= 0.3 is 0 Å². The lowest BCUT2D eigenvalue weighted by Gasteiger charge is -2.26. The van der Waals surface area contributed by atoms with E-state index in [4.69, 9.17) is 0 Å². The van der Waals surface area contributed by atoms with Crippen molar-refractivity contribution in [1.29, 1.82) is 5.26 Å². The standard InChI is InChI=1S/C23H20FN7O4/c1-12(18(14-8-26-30(2)10-14)17-6-15(24)5-4-13(17)7-25)21-29-19(20(32)23(34)31(21)3)22(33)28-16-9-27-35-11-16/h4-6,8-12,18,32H,1-3H3,(H,28,33)/t12-,18-/m0/s1. The Morgan fingerprint density at radius 2 is 2.09 bits per heavy atom. The molecule has 0 radical (unpaired) electrons. The number of aryl methyl sites for hydroxylation is 1. The minimum absolute atomic E-state index is 0.130. The molecule has 0 spiro atoms. The number of carbonyl (C=O) groups is 1. The molecular weight excluding hydrogens is 457 g/mol. The molecule has 0 unspecified atom stereocenters. The molecule has 0 aliphatic heterocycles. The summed E-state index contributed by atoms with van der Waals surface area (Å²) in [6.45, 7) is 1.73. The summed E-state index contributed by atoms with van der Waals surface area (Å²) in [7, 11) is 3.11. The van der Waals surface area contributed by atoms with Crippen LogP contribution in [0.1, 0.15) is 51.8 Å². The van der Waals surface area contributed by atoms with E-state index in [0.29, 0.717) is 11.1 Å². The van der Waals surface area contributed by atoms with Crippen LogP contribution in [-0.4, -0.2) is 35.5 Å². The minimum atomic E-state index is -0.849. The third kappa shape index (κ3) is 4.39. The zero-order chi connectivity index (χ0) is 25.3. The molecule has 1 aromatic carbocycles. The molecule has 3 aromatic heterocycles. The molecule has 0 aliphatic carbocycles. The number of hydrogen-bond acceptors (Lipinski definition) is 8. The monoisotopic (exact) mass is 477 g/mol. The number of anilines is 1. The molecule has 0 saturated heterocycles. The van der Waals surface area contributed by atoms with Crippen LogP contribution in [0.4, 0.5) is 10.1 Å². The van der Waals surface area contributed by atoms with Crippen molar-refractivity contribution in [2.45, 2.75) is 18.8 Å². The highest BCUT2D eigenvalue weighted by Crippen LogP contribution is 2.39. The Labute approximate surface area is 198 Å². The summed E-state index contributed by atoms with van der Waals surface area (Å²) in [5.41, 5.74) is 0.105. The summed E-state index contributed by atoms with van der Waals surface area (Å²) in [5.74, 6) is -3.41. The summed E-state index contributed by atoms with van der Waals surface area (Å²) < 4.78 is 21.6. The van der Waals surface area contributed by atoms with Crippen LogP contribution >= 0.6 is 0 Å². The van der Waals surface area contributed by atoms with Crippen LogP contribution in [0.2, 0.25) is 0 Å². The fraction of sp³-hybridized carbons (Fsp3) is 0.217. The van der Waals surface area contributed by atoms with Crippen molar-refractivity contribution >= 4 is 11.6 Å². The fourth-order valence-corrected chi connectivity index (χ4v) is 4.01. The molecule has 35 heavy (non-hydrogen) atoms. The van der Waals surface area contributed by atoms with Crippen molar-refractivity contribution in [3.63, 3.8) is 0 Å². The van der Waals surface area contributed by atoms with Gasteiger partial charge in [0.2, 0.25) is 5.75 Å². The number of hydrogen-bond donors (Lipinski definition) is 2. The third-order valence-corrected chi connectivity index (χ3v) is 5.67. The van der Waals surface area contributed by atoms with Crippen molar-refractivity contribution < 1.29 is 18.8 Å². The highest BCUT2D eigenvalue weighted by Gasteiger charge is 2.31. The van der Waals surface area contributed by atoms with E-state index in [9.17, 15) is 24.3 Å². The van der Waals surface area contributed by atoms with Crippen LogP contribution in [0, 0.1) is 17.1 Å². The van der Waals surface area contributed by atoms with Crippen molar-refractivity contribution in [3.05, 3.63) is 87.4 Å². The Morgan fingerprint density at radius 3 is 2.71 bits per heavy atom. The van der Waals surface area contributed by atoms with Gasteiger partial charge in [-0.05, 0) is 29.3 Å². The predicted octanol–water partition coefficient (Wildman–Crippen LogP) is 2.41. The van der Waals surface area contributed by atoms with E-state index in [1.165, 1.54) is 37.7 Å². The molecule has 0 saturated carbocycles. The van der Waals surface area contributed by atoms with E-state index in [-0.39, 0.29) is 17.1 Å². The molecule has 0 fully saturated rings. The maximum atomic E-state index is 14.3. The highest BCUT2D eigenvalue weighted by atomic mass is 19.1. The zero-order valence-electron chi connectivity index (χ0n) is 18.9. The van der Waals surface area contributed by atoms with Crippen molar-refractivity contribution in [3.8, 4) is 11.8 Å². The summed E-state index contributed by atoms with van der Waals surface area (Å²) in [5, 5.41) is 30.2. The number of benzene rings is 1. The topological polar surface area (TPSA) is 152 Å². The fourth-order valence-electron chi connectivity index (χ4n) is 4.01. The first kappa shape index (κ1) is 23.4. The maximum absolute atomic E-state index is 14.3. The van der Waals surface area contributed by atoms with Gasteiger partial charge in [0.25, 0.3) is 11.5 Å². The Hall–Kier alpha value is -4.79. The van der Waals surface area contributed by atoms with Crippen LogP contribution in [0.5, 0.6) is 5.75 Å². The van der Waals surface area contributed by atoms with Gasteiger partial charge in [-0.25, -0.2) is 9.37 Å². The number of nitrogens with one attached hydrogen (secondary N) is 1. The molecule has 11 nitrogen and oxygen atoms in total. The predicted molar refractivity (Wildman–Crippen MR) is 120 cm³/mol. The zero-order valence-corrected chi connectivity index (χ0v) is 18.9. The number of halogens is 1. The Kier molecular flexibility index (Phi) is 6.16. The van der Waals surface area contributed by atoms with Crippen LogP contribution in [0.15, 0.2) is 52.4 Å². The average Bonchev–Trinajstić information content (AvgIpc) is 3.49. The molecule has 12 heteroatoms. The van der Waals surface area contributed by atoms with Gasteiger partial charge < -0.3 is 14.9 Å². The first-order chi connectivity index (χ1) is 16.7. The Morgan fingerprint density at radius 1 is 1.31 bits per heavy atom. The number of amides is 1. The van der Waals surface area contributed by atoms with E-state index < -0.39 is 40.6 Å². The van der Waals surface area contributed by atoms with E-state index >= 15 is 0 Å². The van der Waals surface area contributed by atoms with Crippen molar-refractivity contribution in [2.75, 3.05) is 5.32 Å². The molecule has 4 rings (SSSR count). The second-order valence-electron chi connectivity index (χ2n) is 7.96. The quantitative estimate of drug-likeness (QED) is 0.429. The summed E-state index contributed by atoms with van der Waals surface area (Å²) in [6, 6.07) is 5.89. The van der Waals surface area contributed by atoms with Gasteiger partial charge in [0.15, 0.2) is 5.69 Å². The lowest BCUT2D eigenvalue weighted by atomic mass is 9.80. The molecule has 2 N–H and O–H groups in total. The number of carbonyl (C=O) groups excluding carboxylic acids is 1. The number of nitriles is 1. The van der Waals surface area contributed by atoms with E-state index in [0.717, 1.165) is 4.57 Å². The number of aromatic hydroxyl groups is 1. The summed E-state index contributed by atoms with van der Waals surface area (Å²) >= 11 is 0. The molecule has 2 atom stereocenters. The van der Waals surface area contributed by atoms with Crippen LogP contribution < -0.4 is 10.9 Å². The lowest BCUT2D eigenvalue weighted by molar-refractivity contribution is 0.101. The molecule has 4 aromatic rings. The number of nitrogens with zero attached hydrogens (tertiary/aromatic N) is 6. The average molecular weight is 477 g/mol. The van der Waals surface area contributed by atoms with Crippen molar-refractivity contribution in [1.82, 2.24) is 24.5 Å². The normalized spacial score (nSPS) is 12.7. The summed E-state index contributed by atoms with van der Waals surface area (Å²) in [6.07, 6.45) is 5.70. The molecule has 0 aliphatic rings. The summed E-state index contributed by atoms with van der Waals surface area (Å²) in [4.78, 5) is 29.9. The van der Waals surface area contributed by atoms with Crippen LogP contribution in [0.3, 0.4) is 0 Å². The maximum Gasteiger partial charge on any atom is 0.296 e. The molecule has 0 bridgehead atoms. The van der Waals surface area contributed by atoms with Gasteiger partial charge in [-0.15, -0.1) is 0 Å². The molecule has 3 heterocycles. The van der Waals surface area contributed by atoms with E-state index in [2.05, 4.69) is 31.1 Å². The second kappa shape index (κ2) is 9.22. The van der Waals surface area contributed by atoms with Gasteiger partial charge in [-0.2, -0.15) is 10.4 Å². The van der Waals surface area contributed by atoms with Gasteiger partial charge in [-0.3, -0.25) is 18.8 Å². The van der Waals surface area contributed by atoms with E-state index in [1.54, 1.807) is 31.0 Å². The first-order valence-corrected chi connectivity index (χ1v) is 10.4. The smallest absolute Gasteiger partial charge is 0.296 e. The van der Waals surface area contributed by atoms with Gasteiger partial charge in [-0.1, -0.05) is 12.1 Å². The second-order valence-corrected chi connectivity index (χ2v) is 7.96. The first-order valence-electron chi connectivity index (χ1n) is 10.4. The molecular formula is C23H20FN7O4. The van der Waals surface area contributed by atoms with Crippen LogP contribution in [0.25, 0.3) is 0 Å². The molecule has 1 amide bonds. The largest absolute Gasteiger partial charge is 0.501 e.